The third-order valence-corrected chi connectivity index (χ3v) is 4.74. The number of benzene rings is 1. The van der Waals surface area contributed by atoms with Gasteiger partial charge in [0.1, 0.15) is 5.75 Å². The van der Waals surface area contributed by atoms with Crippen LogP contribution in [0.5, 0.6) is 5.75 Å². The highest BCUT2D eigenvalue weighted by molar-refractivity contribution is 7.88. The van der Waals surface area contributed by atoms with E-state index in [9.17, 15) is 8.42 Å². The van der Waals surface area contributed by atoms with Gasteiger partial charge >= 0.3 is 0 Å². The van der Waals surface area contributed by atoms with Crippen LogP contribution in [0, 0.1) is 5.92 Å². The van der Waals surface area contributed by atoms with Crippen LogP contribution in [0.3, 0.4) is 0 Å². The van der Waals surface area contributed by atoms with Crippen LogP contribution in [0.2, 0.25) is 5.02 Å². The van der Waals surface area contributed by atoms with E-state index in [1.54, 1.807) is 12.1 Å². The molecule has 1 aliphatic heterocycles. The monoisotopic (exact) mass is 303 g/mol. The Morgan fingerprint density at radius 3 is 2.95 bits per heavy atom. The molecule has 0 saturated carbocycles. The molecule has 1 heterocycles. The average molecular weight is 304 g/mol. The molecule has 0 N–H and O–H groups in total. The van der Waals surface area contributed by atoms with Crippen molar-refractivity contribution < 1.29 is 13.2 Å². The van der Waals surface area contributed by atoms with Crippen LogP contribution in [0.25, 0.3) is 0 Å². The SMILES string of the molecule is CS(=O)(=O)N1CCCC(COc2cccc(Cl)c2)C1. The van der Waals surface area contributed by atoms with Crippen molar-refractivity contribution in [2.45, 2.75) is 12.8 Å². The Morgan fingerprint density at radius 2 is 2.26 bits per heavy atom. The topological polar surface area (TPSA) is 46.6 Å². The Balaban J connectivity index is 1.89. The molecular formula is C13H18ClNO3S. The summed E-state index contributed by atoms with van der Waals surface area (Å²) in [4.78, 5) is 0. The first kappa shape index (κ1) is 14.6. The van der Waals surface area contributed by atoms with Gasteiger partial charge in [-0.25, -0.2) is 12.7 Å². The van der Waals surface area contributed by atoms with Crippen LogP contribution in [0.15, 0.2) is 24.3 Å². The van der Waals surface area contributed by atoms with Crippen molar-refractivity contribution in [3.05, 3.63) is 29.3 Å². The first-order valence-electron chi connectivity index (χ1n) is 6.28. The van der Waals surface area contributed by atoms with E-state index in [2.05, 4.69) is 0 Å². The van der Waals surface area contributed by atoms with E-state index >= 15 is 0 Å². The molecule has 0 aromatic heterocycles. The summed E-state index contributed by atoms with van der Waals surface area (Å²) >= 11 is 5.88. The molecule has 1 atom stereocenters. The minimum atomic E-state index is -3.09. The van der Waals surface area contributed by atoms with Crippen LogP contribution in [0.1, 0.15) is 12.8 Å². The van der Waals surface area contributed by atoms with Gasteiger partial charge in [0.15, 0.2) is 0 Å². The number of ether oxygens (including phenoxy) is 1. The van der Waals surface area contributed by atoms with Gasteiger partial charge in [-0.15, -0.1) is 0 Å². The standard InChI is InChI=1S/C13H18ClNO3S/c1-19(16,17)15-7-3-4-11(9-15)10-18-13-6-2-5-12(14)8-13/h2,5-6,8,11H,3-4,7,9-10H2,1H3. The maximum Gasteiger partial charge on any atom is 0.211 e. The van der Waals surface area contributed by atoms with Crippen molar-refractivity contribution >= 4 is 21.6 Å². The summed E-state index contributed by atoms with van der Waals surface area (Å²) in [6.45, 7) is 1.68. The van der Waals surface area contributed by atoms with E-state index in [0.717, 1.165) is 18.6 Å². The molecule has 6 heteroatoms. The molecule has 1 aromatic carbocycles. The molecule has 0 amide bonds. The van der Waals surface area contributed by atoms with E-state index in [1.165, 1.54) is 10.6 Å². The largest absolute Gasteiger partial charge is 0.493 e. The number of hydrogen-bond donors (Lipinski definition) is 0. The second kappa shape index (κ2) is 6.11. The van der Waals surface area contributed by atoms with Crippen molar-refractivity contribution in [2.24, 2.45) is 5.92 Å². The Morgan fingerprint density at radius 1 is 1.47 bits per heavy atom. The number of hydrogen-bond acceptors (Lipinski definition) is 3. The Hall–Kier alpha value is -0.780. The van der Waals surface area contributed by atoms with Crippen LogP contribution in [-0.4, -0.2) is 38.7 Å². The minimum absolute atomic E-state index is 0.238. The summed E-state index contributed by atoms with van der Waals surface area (Å²) < 4.78 is 30.2. The van der Waals surface area contributed by atoms with E-state index < -0.39 is 10.0 Å². The van der Waals surface area contributed by atoms with Gasteiger partial charge in [0, 0.05) is 24.0 Å². The molecular weight excluding hydrogens is 286 g/mol. The fourth-order valence-corrected chi connectivity index (χ4v) is 3.36. The second-order valence-corrected chi connectivity index (χ2v) is 7.32. The van der Waals surface area contributed by atoms with Gasteiger partial charge in [0.25, 0.3) is 0 Å². The van der Waals surface area contributed by atoms with Gasteiger partial charge in [-0.05, 0) is 31.0 Å². The number of sulfonamides is 1. The molecule has 0 bridgehead atoms. The van der Waals surface area contributed by atoms with Crippen LogP contribution >= 0.6 is 11.6 Å². The normalized spacial score (nSPS) is 21.3. The Labute approximate surface area is 119 Å². The molecule has 0 aliphatic carbocycles. The Kier molecular flexibility index (Phi) is 4.71. The zero-order valence-corrected chi connectivity index (χ0v) is 12.5. The molecule has 1 fully saturated rings. The van der Waals surface area contributed by atoms with Gasteiger partial charge < -0.3 is 4.74 Å². The average Bonchev–Trinajstić information content (AvgIpc) is 2.36. The Bertz CT molecular complexity index is 532. The van der Waals surface area contributed by atoms with Crippen LogP contribution in [-0.2, 0) is 10.0 Å². The van der Waals surface area contributed by atoms with Gasteiger partial charge in [-0.3, -0.25) is 0 Å². The zero-order valence-electron chi connectivity index (χ0n) is 10.9. The molecule has 2 rings (SSSR count). The minimum Gasteiger partial charge on any atom is -0.493 e. The summed E-state index contributed by atoms with van der Waals surface area (Å²) in [7, 11) is -3.09. The first-order chi connectivity index (χ1) is 8.95. The highest BCUT2D eigenvalue weighted by Crippen LogP contribution is 2.22. The molecule has 1 aliphatic rings. The second-order valence-electron chi connectivity index (χ2n) is 4.90. The fourth-order valence-electron chi connectivity index (χ4n) is 2.23. The van der Waals surface area contributed by atoms with E-state index in [0.29, 0.717) is 24.7 Å². The molecule has 4 nitrogen and oxygen atoms in total. The summed E-state index contributed by atoms with van der Waals surface area (Å²) in [5, 5.41) is 0.638. The van der Waals surface area contributed by atoms with E-state index in [4.69, 9.17) is 16.3 Å². The number of rotatable bonds is 4. The van der Waals surface area contributed by atoms with Gasteiger partial charge in [-0.1, -0.05) is 17.7 Å². The maximum atomic E-state index is 11.5. The molecule has 106 valence electrons. The summed E-state index contributed by atoms with van der Waals surface area (Å²) in [6, 6.07) is 7.24. The fraction of sp³-hybridized carbons (Fsp3) is 0.538. The summed E-state index contributed by atoms with van der Waals surface area (Å²) in [5.41, 5.74) is 0. The van der Waals surface area contributed by atoms with Crippen LogP contribution in [0.4, 0.5) is 0 Å². The lowest BCUT2D eigenvalue weighted by Crippen LogP contribution is -2.40. The van der Waals surface area contributed by atoms with E-state index in [1.807, 2.05) is 12.1 Å². The van der Waals surface area contributed by atoms with Crippen molar-refractivity contribution in [2.75, 3.05) is 26.0 Å². The van der Waals surface area contributed by atoms with E-state index in [-0.39, 0.29) is 5.92 Å². The third-order valence-electron chi connectivity index (χ3n) is 3.23. The molecule has 1 unspecified atom stereocenters. The number of halogens is 1. The lowest BCUT2D eigenvalue weighted by molar-refractivity contribution is 0.181. The quantitative estimate of drug-likeness (QED) is 0.858. The summed E-state index contributed by atoms with van der Waals surface area (Å²) in [5.74, 6) is 0.964. The highest BCUT2D eigenvalue weighted by atomic mass is 35.5. The molecule has 1 saturated heterocycles. The van der Waals surface area contributed by atoms with Crippen molar-refractivity contribution in [3.63, 3.8) is 0 Å². The van der Waals surface area contributed by atoms with Crippen molar-refractivity contribution in [1.29, 1.82) is 0 Å². The lowest BCUT2D eigenvalue weighted by Gasteiger charge is -2.30. The molecule has 19 heavy (non-hydrogen) atoms. The predicted molar refractivity (Wildman–Crippen MR) is 76.1 cm³/mol. The lowest BCUT2D eigenvalue weighted by atomic mass is 10.0. The zero-order chi connectivity index (χ0) is 13.9. The molecule has 1 aromatic rings. The van der Waals surface area contributed by atoms with Gasteiger partial charge in [0.05, 0.1) is 12.9 Å². The van der Waals surface area contributed by atoms with Crippen molar-refractivity contribution in [3.8, 4) is 5.75 Å². The number of nitrogens with zero attached hydrogens (tertiary/aromatic N) is 1. The number of piperidine rings is 1. The maximum absolute atomic E-state index is 11.5. The van der Waals surface area contributed by atoms with Crippen LogP contribution < -0.4 is 4.74 Å². The molecule has 0 spiro atoms. The predicted octanol–water partition coefficient (Wildman–Crippen LogP) is 2.39. The highest BCUT2D eigenvalue weighted by Gasteiger charge is 2.26. The molecule has 0 radical (unpaired) electrons. The summed E-state index contributed by atoms with van der Waals surface area (Å²) in [6.07, 6.45) is 3.14. The van der Waals surface area contributed by atoms with Gasteiger partial charge in [0.2, 0.25) is 10.0 Å². The van der Waals surface area contributed by atoms with Crippen molar-refractivity contribution in [1.82, 2.24) is 4.31 Å². The third kappa shape index (κ3) is 4.37. The van der Waals surface area contributed by atoms with Gasteiger partial charge in [-0.2, -0.15) is 0 Å². The smallest absolute Gasteiger partial charge is 0.211 e. The first-order valence-corrected chi connectivity index (χ1v) is 8.51.